The summed E-state index contributed by atoms with van der Waals surface area (Å²) in [5, 5.41) is 2.79. The average molecular weight is 404 g/mol. The van der Waals surface area contributed by atoms with Crippen molar-refractivity contribution in [1.29, 1.82) is 0 Å². The highest BCUT2D eigenvalue weighted by atomic mass is 19.1. The summed E-state index contributed by atoms with van der Waals surface area (Å²) in [6.45, 7) is 1.50. The predicted octanol–water partition coefficient (Wildman–Crippen LogP) is 2.83. The molecule has 1 saturated carbocycles. The number of benzene rings is 1. The van der Waals surface area contributed by atoms with Gasteiger partial charge in [0.2, 0.25) is 0 Å². The number of nitrogens with zero attached hydrogens (tertiary/aromatic N) is 1. The summed E-state index contributed by atoms with van der Waals surface area (Å²) in [5.74, 6) is -1.63. The summed E-state index contributed by atoms with van der Waals surface area (Å²) in [5.41, 5.74) is -0.513. The van der Waals surface area contributed by atoms with Crippen molar-refractivity contribution in [3.63, 3.8) is 0 Å². The van der Waals surface area contributed by atoms with Gasteiger partial charge in [0.05, 0.1) is 6.61 Å². The molecule has 1 N–H and O–H groups in total. The molecule has 1 heterocycles. The first-order chi connectivity index (χ1) is 13.8. The van der Waals surface area contributed by atoms with Gasteiger partial charge in [0.25, 0.3) is 5.91 Å². The molecule has 8 heteroatoms. The van der Waals surface area contributed by atoms with Crippen LogP contribution in [0.1, 0.15) is 55.8 Å². The molecule has 1 aromatic carbocycles. The van der Waals surface area contributed by atoms with E-state index >= 15 is 0 Å². The van der Waals surface area contributed by atoms with E-state index in [0.29, 0.717) is 18.4 Å². The number of carbonyl (C=O) groups is 4. The van der Waals surface area contributed by atoms with Crippen LogP contribution >= 0.6 is 0 Å². The number of rotatable bonds is 7. The Morgan fingerprint density at radius 2 is 1.97 bits per heavy atom. The number of Topliss-reactive ketones (excluding diaryl/α,β-unsaturated/α-hetero) is 1. The maximum Gasteiger partial charge on any atom is 0.326 e. The molecular weight excluding hydrogens is 379 g/mol. The van der Waals surface area contributed by atoms with Gasteiger partial charge in [-0.25, -0.2) is 9.18 Å². The van der Waals surface area contributed by atoms with Crippen molar-refractivity contribution in [1.82, 2.24) is 10.2 Å². The first kappa shape index (κ1) is 21.0. The maximum absolute atomic E-state index is 12.9. The van der Waals surface area contributed by atoms with E-state index in [9.17, 15) is 23.6 Å². The van der Waals surface area contributed by atoms with Crippen molar-refractivity contribution in [2.24, 2.45) is 5.92 Å². The molecule has 7 nitrogen and oxygen atoms in total. The van der Waals surface area contributed by atoms with Crippen LogP contribution in [0.4, 0.5) is 9.18 Å². The second kappa shape index (κ2) is 8.71. The molecule has 2 atom stereocenters. The first-order valence-corrected chi connectivity index (χ1v) is 9.92. The molecule has 0 bridgehead atoms. The Hall–Kier alpha value is -2.77. The fourth-order valence-corrected chi connectivity index (χ4v) is 4.01. The molecule has 1 saturated heterocycles. The minimum Gasteiger partial charge on any atom is -0.464 e. The van der Waals surface area contributed by atoms with Crippen molar-refractivity contribution in [2.75, 3.05) is 13.2 Å². The molecule has 1 spiro atoms. The topological polar surface area (TPSA) is 92.8 Å². The SMILES string of the molecule is C[C@H]1CCCC[C@]12NC(=O)N(CC(=O)OCCCC(=O)c1ccc(F)cc1)C2=O. The maximum atomic E-state index is 12.9. The third-order valence-electron chi connectivity index (χ3n) is 5.77. The van der Waals surface area contributed by atoms with Crippen LogP contribution in [0.3, 0.4) is 0 Å². The van der Waals surface area contributed by atoms with Crippen LogP contribution in [0.15, 0.2) is 24.3 Å². The lowest BCUT2D eigenvalue weighted by molar-refractivity contribution is -0.148. The van der Waals surface area contributed by atoms with Gasteiger partial charge in [-0.2, -0.15) is 0 Å². The normalized spacial score (nSPS) is 23.9. The predicted molar refractivity (Wildman–Crippen MR) is 102 cm³/mol. The Morgan fingerprint density at radius 3 is 2.66 bits per heavy atom. The number of esters is 1. The van der Waals surface area contributed by atoms with Crippen LogP contribution in [-0.2, 0) is 14.3 Å². The molecule has 0 unspecified atom stereocenters. The van der Waals surface area contributed by atoms with Crippen LogP contribution in [0.25, 0.3) is 0 Å². The van der Waals surface area contributed by atoms with E-state index in [2.05, 4.69) is 5.32 Å². The molecule has 1 aromatic rings. The van der Waals surface area contributed by atoms with Gasteiger partial charge in [0.1, 0.15) is 17.9 Å². The van der Waals surface area contributed by atoms with E-state index in [1.165, 1.54) is 24.3 Å². The molecule has 156 valence electrons. The lowest BCUT2D eigenvalue weighted by atomic mass is 9.73. The molecule has 3 rings (SSSR count). The van der Waals surface area contributed by atoms with Gasteiger partial charge < -0.3 is 10.1 Å². The molecule has 1 aliphatic carbocycles. The van der Waals surface area contributed by atoms with Gasteiger partial charge in [-0.15, -0.1) is 0 Å². The smallest absolute Gasteiger partial charge is 0.326 e. The Labute approximate surface area is 168 Å². The lowest BCUT2D eigenvalue weighted by Crippen LogP contribution is -2.54. The summed E-state index contributed by atoms with van der Waals surface area (Å²) in [6, 6.07) is 4.68. The minimum atomic E-state index is -0.906. The minimum absolute atomic E-state index is 0.00301. The fourth-order valence-electron chi connectivity index (χ4n) is 4.01. The van der Waals surface area contributed by atoms with Gasteiger partial charge in [-0.05, 0) is 49.4 Å². The van der Waals surface area contributed by atoms with Gasteiger partial charge in [-0.1, -0.05) is 19.8 Å². The van der Waals surface area contributed by atoms with Crippen LogP contribution in [0, 0.1) is 11.7 Å². The molecule has 2 aliphatic rings. The monoisotopic (exact) mass is 404 g/mol. The number of halogens is 1. The van der Waals surface area contributed by atoms with Crippen LogP contribution in [0.2, 0.25) is 0 Å². The van der Waals surface area contributed by atoms with Crippen LogP contribution < -0.4 is 5.32 Å². The molecule has 2 fully saturated rings. The van der Waals surface area contributed by atoms with E-state index in [-0.39, 0.29) is 30.6 Å². The van der Waals surface area contributed by atoms with Crippen LogP contribution in [0.5, 0.6) is 0 Å². The molecule has 29 heavy (non-hydrogen) atoms. The van der Waals surface area contributed by atoms with E-state index in [0.717, 1.165) is 24.2 Å². The Morgan fingerprint density at radius 1 is 1.24 bits per heavy atom. The van der Waals surface area contributed by atoms with E-state index in [1.807, 2.05) is 6.92 Å². The fraction of sp³-hybridized carbons (Fsp3) is 0.524. The second-order valence-corrected chi connectivity index (χ2v) is 7.69. The van der Waals surface area contributed by atoms with Crippen molar-refractivity contribution >= 4 is 23.7 Å². The van der Waals surface area contributed by atoms with E-state index in [4.69, 9.17) is 4.74 Å². The Kier molecular flexibility index (Phi) is 6.30. The van der Waals surface area contributed by atoms with Crippen molar-refractivity contribution in [2.45, 2.75) is 51.0 Å². The zero-order valence-electron chi connectivity index (χ0n) is 16.4. The summed E-state index contributed by atoms with van der Waals surface area (Å²) in [7, 11) is 0. The molecule has 0 aromatic heterocycles. The number of ether oxygens (including phenoxy) is 1. The highest BCUT2D eigenvalue weighted by Gasteiger charge is 2.55. The molecule has 0 radical (unpaired) electrons. The first-order valence-electron chi connectivity index (χ1n) is 9.92. The largest absolute Gasteiger partial charge is 0.464 e. The number of amides is 3. The highest BCUT2D eigenvalue weighted by Crippen LogP contribution is 2.38. The van der Waals surface area contributed by atoms with Crippen LogP contribution in [-0.4, -0.2) is 47.3 Å². The average Bonchev–Trinajstić information content (AvgIpc) is 2.93. The van der Waals surface area contributed by atoms with E-state index in [1.54, 1.807) is 0 Å². The number of carbonyl (C=O) groups excluding carboxylic acids is 4. The number of hydrogen-bond donors (Lipinski definition) is 1. The van der Waals surface area contributed by atoms with Gasteiger partial charge in [-0.3, -0.25) is 19.3 Å². The van der Waals surface area contributed by atoms with Crippen molar-refractivity contribution in [3.8, 4) is 0 Å². The molecular formula is C21H25FN2O5. The van der Waals surface area contributed by atoms with Crippen molar-refractivity contribution < 1.29 is 28.3 Å². The van der Waals surface area contributed by atoms with E-state index < -0.39 is 29.9 Å². The number of imide groups is 1. The molecule has 1 aliphatic heterocycles. The van der Waals surface area contributed by atoms with Crippen molar-refractivity contribution in [3.05, 3.63) is 35.6 Å². The third-order valence-corrected chi connectivity index (χ3v) is 5.77. The molecule has 3 amide bonds. The number of ketones is 1. The zero-order valence-corrected chi connectivity index (χ0v) is 16.4. The summed E-state index contributed by atoms with van der Waals surface area (Å²) < 4.78 is 18.0. The summed E-state index contributed by atoms with van der Waals surface area (Å²) in [6.07, 6.45) is 3.75. The Bertz CT molecular complexity index is 810. The summed E-state index contributed by atoms with van der Waals surface area (Å²) >= 11 is 0. The number of nitrogens with one attached hydrogen (secondary N) is 1. The third kappa shape index (κ3) is 4.46. The number of hydrogen-bond acceptors (Lipinski definition) is 5. The Balaban J connectivity index is 1.45. The number of urea groups is 1. The zero-order chi connectivity index (χ0) is 21.0. The second-order valence-electron chi connectivity index (χ2n) is 7.69. The standard InChI is InChI=1S/C21H25FN2O5/c1-14-5-2-3-11-21(14)19(27)24(20(28)23-21)13-18(26)29-12-4-6-17(25)15-7-9-16(22)10-8-15/h7-10,14H,2-6,11-13H2,1H3,(H,23,28)/t14-,21-/m0/s1. The lowest BCUT2D eigenvalue weighted by Gasteiger charge is -2.36. The quantitative estimate of drug-likeness (QED) is 0.326. The highest BCUT2D eigenvalue weighted by molar-refractivity contribution is 6.09. The van der Waals surface area contributed by atoms with Gasteiger partial charge in [0, 0.05) is 12.0 Å². The van der Waals surface area contributed by atoms with Gasteiger partial charge >= 0.3 is 12.0 Å². The summed E-state index contributed by atoms with van der Waals surface area (Å²) in [4.78, 5) is 50.1. The van der Waals surface area contributed by atoms with Gasteiger partial charge in [0.15, 0.2) is 5.78 Å².